The lowest BCUT2D eigenvalue weighted by molar-refractivity contribution is 0.199. The number of thioether (sulfide) groups is 1. The molecule has 0 radical (unpaired) electrons. The molecule has 0 bridgehead atoms. The van der Waals surface area contributed by atoms with Gasteiger partial charge in [-0.25, -0.2) is 4.98 Å². The van der Waals surface area contributed by atoms with Crippen molar-refractivity contribution in [2.24, 2.45) is 0 Å². The molecule has 104 valence electrons. The Morgan fingerprint density at radius 1 is 1.56 bits per heavy atom. The molecule has 1 unspecified atom stereocenters. The second-order valence-corrected chi connectivity index (χ2v) is 5.71. The normalized spacial score (nSPS) is 12.8. The highest BCUT2D eigenvalue weighted by Crippen LogP contribution is 2.14. The number of ether oxygens (including phenoxy) is 1. The molecule has 0 aliphatic carbocycles. The van der Waals surface area contributed by atoms with Crippen molar-refractivity contribution in [1.82, 2.24) is 14.9 Å². The van der Waals surface area contributed by atoms with Crippen LogP contribution in [0, 0.1) is 0 Å². The summed E-state index contributed by atoms with van der Waals surface area (Å²) in [4.78, 5) is 4.42. The van der Waals surface area contributed by atoms with Crippen molar-refractivity contribution in [3.05, 3.63) is 18.2 Å². The van der Waals surface area contributed by atoms with Crippen molar-refractivity contribution in [2.45, 2.75) is 32.9 Å². The van der Waals surface area contributed by atoms with E-state index >= 15 is 0 Å². The first-order chi connectivity index (χ1) is 8.77. The van der Waals surface area contributed by atoms with Crippen molar-refractivity contribution >= 4 is 11.8 Å². The molecule has 1 heterocycles. The van der Waals surface area contributed by atoms with Crippen LogP contribution < -0.4 is 5.32 Å². The fourth-order valence-electron chi connectivity index (χ4n) is 1.65. The fourth-order valence-corrected chi connectivity index (χ4v) is 2.45. The Labute approximate surface area is 115 Å². The van der Waals surface area contributed by atoms with Crippen LogP contribution in [-0.4, -0.2) is 41.3 Å². The first kappa shape index (κ1) is 15.5. The van der Waals surface area contributed by atoms with E-state index in [0.29, 0.717) is 6.04 Å². The summed E-state index contributed by atoms with van der Waals surface area (Å²) in [5.41, 5.74) is 1.10. The van der Waals surface area contributed by atoms with E-state index in [1.165, 1.54) is 17.9 Å². The van der Waals surface area contributed by atoms with Gasteiger partial charge in [0, 0.05) is 32.4 Å². The molecule has 0 aliphatic heterocycles. The first-order valence-electron chi connectivity index (χ1n) is 6.57. The van der Waals surface area contributed by atoms with Crippen LogP contribution in [0.5, 0.6) is 0 Å². The molecule has 0 aromatic carbocycles. The predicted octanol–water partition coefficient (Wildman–Crippen LogP) is 2.32. The lowest BCUT2D eigenvalue weighted by atomic mass is 10.2. The van der Waals surface area contributed by atoms with Crippen LogP contribution >= 0.6 is 11.8 Å². The molecule has 0 saturated heterocycles. The maximum Gasteiger partial charge on any atom is 0.0952 e. The Kier molecular flexibility index (Phi) is 8.13. The van der Waals surface area contributed by atoms with Crippen molar-refractivity contribution in [2.75, 3.05) is 31.8 Å². The average Bonchev–Trinajstić information content (AvgIpc) is 2.84. The number of hydrogen-bond acceptors (Lipinski definition) is 4. The van der Waals surface area contributed by atoms with E-state index in [1.807, 2.05) is 18.1 Å². The Morgan fingerprint density at radius 3 is 3.11 bits per heavy atom. The molecule has 1 aromatic rings. The van der Waals surface area contributed by atoms with E-state index in [0.717, 1.165) is 25.4 Å². The van der Waals surface area contributed by atoms with Gasteiger partial charge in [-0.15, -0.1) is 0 Å². The summed E-state index contributed by atoms with van der Waals surface area (Å²) in [5, 5.41) is 3.30. The summed E-state index contributed by atoms with van der Waals surface area (Å²) in [7, 11) is 1.71. The number of rotatable bonds is 10. The SMILES string of the molecule is CCSCCC(C)n1cnc(CNCCOC)c1. The highest BCUT2D eigenvalue weighted by atomic mass is 32.2. The molecular weight excluding hydrogens is 246 g/mol. The zero-order chi connectivity index (χ0) is 13.2. The Morgan fingerprint density at radius 2 is 2.39 bits per heavy atom. The van der Waals surface area contributed by atoms with Gasteiger partial charge in [-0.1, -0.05) is 6.92 Å². The molecule has 1 rings (SSSR count). The minimum absolute atomic E-state index is 0.532. The molecule has 0 saturated carbocycles. The molecule has 0 aliphatic rings. The number of aromatic nitrogens is 2. The maximum absolute atomic E-state index is 4.99. The van der Waals surface area contributed by atoms with Crippen LogP contribution in [0.15, 0.2) is 12.5 Å². The first-order valence-corrected chi connectivity index (χ1v) is 7.73. The molecule has 1 N–H and O–H groups in total. The number of nitrogens with one attached hydrogen (secondary N) is 1. The van der Waals surface area contributed by atoms with Gasteiger partial charge < -0.3 is 14.6 Å². The quantitative estimate of drug-likeness (QED) is 0.663. The molecule has 1 atom stereocenters. The van der Waals surface area contributed by atoms with Crippen LogP contribution in [0.3, 0.4) is 0 Å². The van der Waals surface area contributed by atoms with Crippen LogP contribution in [0.2, 0.25) is 0 Å². The molecule has 4 nitrogen and oxygen atoms in total. The Hall–Kier alpha value is -0.520. The van der Waals surface area contributed by atoms with Gasteiger partial charge in [-0.05, 0) is 24.9 Å². The predicted molar refractivity (Wildman–Crippen MR) is 78.1 cm³/mol. The van der Waals surface area contributed by atoms with Crippen LogP contribution in [0.1, 0.15) is 32.0 Å². The van der Waals surface area contributed by atoms with Crippen molar-refractivity contribution in [3.63, 3.8) is 0 Å². The summed E-state index contributed by atoms with van der Waals surface area (Å²) in [6.45, 7) is 6.88. The molecule has 1 aromatic heterocycles. The van der Waals surface area contributed by atoms with Gasteiger partial charge in [0.25, 0.3) is 0 Å². The zero-order valence-electron chi connectivity index (χ0n) is 11.7. The Balaban J connectivity index is 2.28. The lowest BCUT2D eigenvalue weighted by Gasteiger charge is -2.11. The standard InChI is InChI=1S/C13H25N3OS/c1-4-18-8-5-12(2)16-10-13(15-11-16)9-14-6-7-17-3/h10-12,14H,4-9H2,1-3H3. The Bertz CT molecular complexity index is 317. The van der Waals surface area contributed by atoms with E-state index in [4.69, 9.17) is 4.74 Å². The number of methoxy groups -OCH3 is 1. The summed E-state index contributed by atoms with van der Waals surface area (Å²) < 4.78 is 7.20. The third kappa shape index (κ3) is 5.89. The third-order valence-corrected chi connectivity index (χ3v) is 3.77. The zero-order valence-corrected chi connectivity index (χ0v) is 12.5. The number of imidazole rings is 1. The van der Waals surface area contributed by atoms with Gasteiger partial charge in [-0.3, -0.25) is 0 Å². The topological polar surface area (TPSA) is 39.1 Å². The minimum atomic E-state index is 0.532. The van der Waals surface area contributed by atoms with E-state index in [2.05, 4.69) is 34.9 Å². The van der Waals surface area contributed by atoms with Gasteiger partial charge in [0.15, 0.2) is 0 Å². The van der Waals surface area contributed by atoms with Gasteiger partial charge in [0.1, 0.15) is 0 Å². The van der Waals surface area contributed by atoms with E-state index in [-0.39, 0.29) is 0 Å². The monoisotopic (exact) mass is 271 g/mol. The molecule has 0 spiro atoms. The van der Waals surface area contributed by atoms with Gasteiger partial charge in [-0.2, -0.15) is 11.8 Å². The highest BCUT2D eigenvalue weighted by Gasteiger charge is 2.05. The second kappa shape index (κ2) is 9.42. The van der Waals surface area contributed by atoms with Crippen LogP contribution in [-0.2, 0) is 11.3 Å². The summed E-state index contributed by atoms with van der Waals surface area (Å²) >= 11 is 2.00. The summed E-state index contributed by atoms with van der Waals surface area (Å²) in [5.74, 6) is 2.42. The number of nitrogens with zero attached hydrogens (tertiary/aromatic N) is 2. The van der Waals surface area contributed by atoms with Gasteiger partial charge >= 0.3 is 0 Å². The number of hydrogen-bond donors (Lipinski definition) is 1. The van der Waals surface area contributed by atoms with E-state index in [1.54, 1.807) is 7.11 Å². The van der Waals surface area contributed by atoms with Crippen molar-refractivity contribution < 1.29 is 4.74 Å². The smallest absolute Gasteiger partial charge is 0.0952 e. The summed E-state index contributed by atoms with van der Waals surface area (Å²) in [6.07, 6.45) is 5.28. The molecule has 18 heavy (non-hydrogen) atoms. The van der Waals surface area contributed by atoms with Crippen molar-refractivity contribution in [3.8, 4) is 0 Å². The largest absolute Gasteiger partial charge is 0.383 e. The molecule has 5 heteroatoms. The lowest BCUT2D eigenvalue weighted by Crippen LogP contribution is -2.18. The highest BCUT2D eigenvalue weighted by molar-refractivity contribution is 7.99. The molecular formula is C13H25N3OS. The fraction of sp³-hybridized carbons (Fsp3) is 0.769. The summed E-state index contributed by atoms with van der Waals surface area (Å²) in [6, 6.07) is 0.532. The average molecular weight is 271 g/mol. The van der Waals surface area contributed by atoms with E-state index < -0.39 is 0 Å². The van der Waals surface area contributed by atoms with Gasteiger partial charge in [0.2, 0.25) is 0 Å². The van der Waals surface area contributed by atoms with Gasteiger partial charge in [0.05, 0.1) is 18.6 Å². The third-order valence-electron chi connectivity index (χ3n) is 2.84. The van der Waals surface area contributed by atoms with E-state index in [9.17, 15) is 0 Å². The maximum atomic E-state index is 4.99. The minimum Gasteiger partial charge on any atom is -0.383 e. The van der Waals surface area contributed by atoms with Crippen molar-refractivity contribution in [1.29, 1.82) is 0 Å². The van der Waals surface area contributed by atoms with Crippen LogP contribution in [0.4, 0.5) is 0 Å². The molecule has 0 amide bonds. The second-order valence-electron chi connectivity index (χ2n) is 4.32. The van der Waals surface area contributed by atoms with Crippen LogP contribution in [0.25, 0.3) is 0 Å². The molecule has 0 fully saturated rings.